The first-order valence-corrected chi connectivity index (χ1v) is 7.09. The van der Waals surface area contributed by atoms with Crippen molar-refractivity contribution < 1.29 is 14.6 Å². The summed E-state index contributed by atoms with van der Waals surface area (Å²) in [5, 5.41) is 9.32. The molecule has 0 bridgehead atoms. The van der Waals surface area contributed by atoms with Gasteiger partial charge >= 0.3 is 5.97 Å². The molecule has 0 aromatic heterocycles. The zero-order valence-electron chi connectivity index (χ0n) is 12.3. The molecule has 0 saturated carbocycles. The molecule has 1 fully saturated rings. The van der Waals surface area contributed by atoms with Crippen LogP contribution in [0, 0.1) is 11.8 Å². The Kier molecular flexibility index (Phi) is 4.78. The van der Waals surface area contributed by atoms with Crippen LogP contribution in [-0.4, -0.2) is 42.3 Å². The molecular weight excluding hydrogens is 254 g/mol. The van der Waals surface area contributed by atoms with E-state index in [2.05, 4.69) is 30.9 Å². The average molecular weight is 277 g/mol. The summed E-state index contributed by atoms with van der Waals surface area (Å²) in [7, 11) is 2.01. The third-order valence-corrected chi connectivity index (χ3v) is 4.10. The minimum absolute atomic E-state index is 0.0693. The van der Waals surface area contributed by atoms with Crippen LogP contribution in [0.5, 0.6) is 0 Å². The van der Waals surface area contributed by atoms with Crippen molar-refractivity contribution in [2.24, 2.45) is 11.8 Å². The fourth-order valence-corrected chi connectivity index (χ4v) is 3.13. The molecule has 0 aliphatic carbocycles. The maximum atomic E-state index is 11.3. The van der Waals surface area contributed by atoms with E-state index in [0.29, 0.717) is 19.1 Å². The van der Waals surface area contributed by atoms with Gasteiger partial charge in [-0.3, -0.25) is 9.69 Å². The molecule has 2 rings (SSSR count). The van der Waals surface area contributed by atoms with Crippen LogP contribution in [0.2, 0.25) is 0 Å². The first-order chi connectivity index (χ1) is 9.52. The van der Waals surface area contributed by atoms with Crippen molar-refractivity contribution in [2.75, 3.05) is 20.3 Å². The summed E-state index contributed by atoms with van der Waals surface area (Å²) >= 11 is 0. The van der Waals surface area contributed by atoms with E-state index in [1.807, 2.05) is 25.2 Å². The number of hydrogen-bond acceptors (Lipinski definition) is 3. The number of carboxylic acid groups (broad SMARTS) is 1. The Hall–Kier alpha value is -1.39. The molecule has 3 atom stereocenters. The van der Waals surface area contributed by atoms with Gasteiger partial charge in [-0.15, -0.1) is 0 Å². The normalized spacial score (nSPS) is 24.2. The molecule has 0 amide bonds. The van der Waals surface area contributed by atoms with Gasteiger partial charge < -0.3 is 9.84 Å². The Morgan fingerprint density at radius 1 is 1.30 bits per heavy atom. The fraction of sp³-hybridized carbons (Fsp3) is 0.562. The largest absolute Gasteiger partial charge is 0.481 e. The number of aliphatic carboxylic acids is 1. The Balaban J connectivity index is 2.24. The molecule has 4 nitrogen and oxygen atoms in total. The predicted octanol–water partition coefficient (Wildman–Crippen LogP) is 2.42. The topological polar surface area (TPSA) is 49.8 Å². The highest BCUT2D eigenvalue weighted by Gasteiger charge is 2.39. The van der Waals surface area contributed by atoms with Crippen molar-refractivity contribution in [3.8, 4) is 0 Å². The van der Waals surface area contributed by atoms with Crippen molar-refractivity contribution >= 4 is 5.97 Å². The van der Waals surface area contributed by atoms with E-state index in [1.165, 1.54) is 5.56 Å². The summed E-state index contributed by atoms with van der Waals surface area (Å²) in [5.74, 6) is -0.808. The SMILES string of the molecule is CC(C)C(c1ccccc1)N(C)C1COCC1C(=O)O. The molecule has 110 valence electrons. The van der Waals surface area contributed by atoms with Crippen LogP contribution >= 0.6 is 0 Å². The Labute approximate surface area is 120 Å². The second-order valence-electron chi connectivity index (χ2n) is 5.81. The van der Waals surface area contributed by atoms with Gasteiger partial charge in [0.15, 0.2) is 0 Å². The van der Waals surface area contributed by atoms with Gasteiger partial charge in [-0.2, -0.15) is 0 Å². The van der Waals surface area contributed by atoms with Gasteiger partial charge in [0, 0.05) is 12.1 Å². The van der Waals surface area contributed by atoms with E-state index in [1.54, 1.807) is 0 Å². The number of ether oxygens (including phenoxy) is 1. The summed E-state index contributed by atoms with van der Waals surface area (Å²) in [6.07, 6.45) is 0. The zero-order chi connectivity index (χ0) is 14.7. The van der Waals surface area contributed by atoms with Crippen molar-refractivity contribution in [1.29, 1.82) is 0 Å². The van der Waals surface area contributed by atoms with Crippen molar-refractivity contribution in [2.45, 2.75) is 25.9 Å². The summed E-state index contributed by atoms with van der Waals surface area (Å²) in [6.45, 7) is 5.13. The van der Waals surface area contributed by atoms with Gasteiger partial charge in [0.1, 0.15) is 0 Å². The minimum atomic E-state index is -0.769. The highest BCUT2D eigenvalue weighted by Crippen LogP contribution is 2.32. The molecule has 1 aliphatic rings. The third kappa shape index (κ3) is 3.02. The summed E-state index contributed by atoms with van der Waals surface area (Å²) in [6, 6.07) is 10.4. The predicted molar refractivity (Wildman–Crippen MR) is 77.5 cm³/mol. The number of hydrogen-bond donors (Lipinski definition) is 1. The molecule has 1 aliphatic heterocycles. The number of rotatable bonds is 5. The first kappa shape index (κ1) is 15.0. The number of carboxylic acids is 1. The van der Waals surface area contributed by atoms with Crippen LogP contribution in [-0.2, 0) is 9.53 Å². The molecule has 1 heterocycles. The van der Waals surface area contributed by atoms with Gasteiger partial charge in [0.05, 0.1) is 19.1 Å². The average Bonchev–Trinajstić information content (AvgIpc) is 2.89. The lowest BCUT2D eigenvalue weighted by Crippen LogP contribution is -2.44. The Bertz CT molecular complexity index is 446. The van der Waals surface area contributed by atoms with Gasteiger partial charge in [-0.1, -0.05) is 44.2 Å². The van der Waals surface area contributed by atoms with Crippen LogP contribution in [0.3, 0.4) is 0 Å². The van der Waals surface area contributed by atoms with Crippen LogP contribution < -0.4 is 0 Å². The number of carbonyl (C=O) groups is 1. The molecule has 0 radical (unpaired) electrons. The van der Waals surface area contributed by atoms with Gasteiger partial charge in [-0.05, 0) is 18.5 Å². The summed E-state index contributed by atoms with van der Waals surface area (Å²) in [5.41, 5.74) is 1.22. The van der Waals surface area contributed by atoms with E-state index >= 15 is 0 Å². The summed E-state index contributed by atoms with van der Waals surface area (Å²) in [4.78, 5) is 13.5. The van der Waals surface area contributed by atoms with Crippen LogP contribution in [0.4, 0.5) is 0 Å². The quantitative estimate of drug-likeness (QED) is 0.898. The third-order valence-electron chi connectivity index (χ3n) is 4.10. The Morgan fingerprint density at radius 3 is 2.50 bits per heavy atom. The smallest absolute Gasteiger partial charge is 0.310 e. The second-order valence-corrected chi connectivity index (χ2v) is 5.81. The van der Waals surface area contributed by atoms with E-state index < -0.39 is 11.9 Å². The first-order valence-electron chi connectivity index (χ1n) is 7.09. The molecule has 3 unspecified atom stereocenters. The van der Waals surface area contributed by atoms with E-state index in [-0.39, 0.29) is 12.1 Å². The molecular formula is C16H23NO3. The highest BCUT2D eigenvalue weighted by molar-refractivity contribution is 5.71. The minimum Gasteiger partial charge on any atom is -0.481 e. The number of nitrogens with zero attached hydrogens (tertiary/aromatic N) is 1. The monoisotopic (exact) mass is 277 g/mol. The number of benzene rings is 1. The van der Waals surface area contributed by atoms with Crippen molar-refractivity contribution in [3.63, 3.8) is 0 Å². The van der Waals surface area contributed by atoms with E-state index in [0.717, 1.165) is 0 Å². The van der Waals surface area contributed by atoms with Gasteiger partial charge in [0.25, 0.3) is 0 Å². The molecule has 1 aromatic carbocycles. The molecule has 20 heavy (non-hydrogen) atoms. The van der Waals surface area contributed by atoms with E-state index in [9.17, 15) is 9.90 Å². The second kappa shape index (κ2) is 6.37. The molecule has 1 aromatic rings. The lowest BCUT2D eigenvalue weighted by Gasteiger charge is -2.36. The van der Waals surface area contributed by atoms with Crippen LogP contribution in [0.25, 0.3) is 0 Å². The maximum absolute atomic E-state index is 11.3. The van der Waals surface area contributed by atoms with Gasteiger partial charge in [0.2, 0.25) is 0 Å². The molecule has 0 spiro atoms. The van der Waals surface area contributed by atoms with Crippen molar-refractivity contribution in [3.05, 3.63) is 35.9 Å². The van der Waals surface area contributed by atoms with Gasteiger partial charge in [-0.25, -0.2) is 0 Å². The maximum Gasteiger partial charge on any atom is 0.310 e. The fourth-order valence-electron chi connectivity index (χ4n) is 3.13. The number of likely N-dealkylation sites (N-methyl/N-ethyl adjacent to an activating group) is 1. The molecule has 1 saturated heterocycles. The summed E-state index contributed by atoms with van der Waals surface area (Å²) < 4.78 is 5.40. The zero-order valence-corrected chi connectivity index (χ0v) is 12.3. The Morgan fingerprint density at radius 2 is 1.95 bits per heavy atom. The van der Waals surface area contributed by atoms with Crippen molar-refractivity contribution in [1.82, 2.24) is 4.90 Å². The molecule has 1 N–H and O–H groups in total. The van der Waals surface area contributed by atoms with E-state index in [4.69, 9.17) is 4.74 Å². The lowest BCUT2D eigenvalue weighted by molar-refractivity contribution is -0.143. The highest BCUT2D eigenvalue weighted by atomic mass is 16.5. The standard InChI is InChI=1S/C16H23NO3/c1-11(2)15(12-7-5-4-6-8-12)17(3)14-10-20-9-13(14)16(18)19/h4-8,11,13-15H,9-10H2,1-3H3,(H,18,19). The van der Waals surface area contributed by atoms with Crippen LogP contribution in [0.1, 0.15) is 25.5 Å². The lowest BCUT2D eigenvalue weighted by atomic mass is 9.91. The molecule has 4 heteroatoms. The van der Waals surface area contributed by atoms with Crippen LogP contribution in [0.15, 0.2) is 30.3 Å².